The number of anilines is 1. The maximum atomic E-state index is 14.7. The van der Waals surface area contributed by atoms with Gasteiger partial charge in [-0.3, -0.25) is 29.5 Å². The molecule has 3 aliphatic heterocycles. The summed E-state index contributed by atoms with van der Waals surface area (Å²) in [6.07, 6.45) is 2.80. The normalized spacial score (nSPS) is 16.8. The monoisotopic (exact) mass is 744 g/mol. The highest BCUT2D eigenvalue weighted by molar-refractivity contribution is 6.23. The van der Waals surface area contributed by atoms with Crippen LogP contribution < -0.4 is 15.5 Å². The van der Waals surface area contributed by atoms with E-state index in [1.165, 1.54) is 54.1 Å². The fourth-order valence-corrected chi connectivity index (χ4v) is 7.08. The number of fused-ring (bicyclic) bond motifs is 1. The molecule has 4 amide bonds. The Kier molecular flexibility index (Phi) is 11.3. The molecule has 3 N–H and O–H groups in total. The second kappa shape index (κ2) is 16.1. The molecule has 3 aromatic rings. The highest BCUT2D eigenvalue weighted by atomic mass is 19.3. The Morgan fingerprint density at radius 3 is 2.50 bits per heavy atom. The second-order valence-electron chi connectivity index (χ2n) is 13.4. The van der Waals surface area contributed by atoms with Crippen LogP contribution in [0.5, 0.6) is 0 Å². The Balaban J connectivity index is 1.26. The Labute approximate surface area is 310 Å². The average molecular weight is 745 g/mol. The lowest BCUT2D eigenvalue weighted by molar-refractivity contribution is -0.128. The molecule has 1 unspecified atom stereocenters. The van der Waals surface area contributed by atoms with E-state index in [0.717, 1.165) is 23.4 Å². The molecule has 0 spiro atoms. The van der Waals surface area contributed by atoms with Crippen molar-refractivity contribution in [2.24, 2.45) is 0 Å². The first kappa shape index (κ1) is 38.0. The molecule has 16 heteroatoms. The number of amidine groups is 1. The van der Waals surface area contributed by atoms with Gasteiger partial charge in [-0.15, -0.1) is 0 Å². The highest BCUT2D eigenvalue weighted by Crippen LogP contribution is 2.36. The van der Waals surface area contributed by atoms with Crippen molar-refractivity contribution >= 4 is 41.4 Å². The van der Waals surface area contributed by atoms with Gasteiger partial charge in [-0.05, 0) is 55.2 Å². The number of carbonyl (C=O) groups excluding carboxylic acids is 5. The minimum absolute atomic E-state index is 0.0273. The van der Waals surface area contributed by atoms with Crippen LogP contribution in [0.3, 0.4) is 0 Å². The predicted octanol–water partition coefficient (Wildman–Crippen LogP) is 3.85. The van der Waals surface area contributed by atoms with Gasteiger partial charge >= 0.3 is 0 Å². The summed E-state index contributed by atoms with van der Waals surface area (Å²) in [5, 5.41) is 19.5. The van der Waals surface area contributed by atoms with E-state index in [9.17, 15) is 32.8 Å². The summed E-state index contributed by atoms with van der Waals surface area (Å²) >= 11 is 0. The van der Waals surface area contributed by atoms with Gasteiger partial charge in [0.2, 0.25) is 11.8 Å². The van der Waals surface area contributed by atoms with Gasteiger partial charge in [-0.2, -0.15) is 5.10 Å². The van der Waals surface area contributed by atoms with Crippen LogP contribution in [0.2, 0.25) is 0 Å². The standard InChI is InChI=1S/C38H42F2N8O6/c1-22(50)46-13-10-32(44-24-11-15-54-16-12-24)31(21-46)35(41)45(3)25-6-8-27(29(17-25)34(39)40)23-19-43-47(20-23)26-7-9-28-30(18-26)38(53)48(37(28)52)33(5-4-14-49)36(51)42-2/h6-9,14,17-20,24,33-34,41,44H,4-5,10-13,15-16,21H2,1-3H3,(H,42,51). The number of alkyl halides is 2. The number of imide groups is 1. The number of aromatic nitrogens is 2. The lowest BCUT2D eigenvalue weighted by atomic mass is 9.99. The van der Waals surface area contributed by atoms with Crippen molar-refractivity contribution in [1.82, 2.24) is 30.2 Å². The minimum atomic E-state index is -2.87. The van der Waals surface area contributed by atoms with Crippen molar-refractivity contribution in [3.63, 3.8) is 0 Å². The molecule has 1 aromatic heterocycles. The molecule has 1 saturated heterocycles. The third-order valence-corrected chi connectivity index (χ3v) is 10.1. The van der Waals surface area contributed by atoms with Crippen molar-refractivity contribution in [1.29, 1.82) is 5.41 Å². The van der Waals surface area contributed by atoms with E-state index in [1.54, 1.807) is 30.1 Å². The van der Waals surface area contributed by atoms with Gasteiger partial charge in [0.15, 0.2) is 0 Å². The van der Waals surface area contributed by atoms with Gasteiger partial charge in [0.05, 0.1) is 29.6 Å². The first-order chi connectivity index (χ1) is 25.9. The number of hydrogen-bond donors (Lipinski definition) is 3. The molecular weight excluding hydrogens is 702 g/mol. The Bertz CT molecular complexity index is 2020. The van der Waals surface area contributed by atoms with Crippen LogP contribution in [0.4, 0.5) is 14.5 Å². The molecule has 2 aromatic carbocycles. The van der Waals surface area contributed by atoms with Gasteiger partial charge in [-0.25, -0.2) is 13.5 Å². The summed E-state index contributed by atoms with van der Waals surface area (Å²) in [5.41, 5.74) is 2.65. The summed E-state index contributed by atoms with van der Waals surface area (Å²) in [4.78, 5) is 66.6. The van der Waals surface area contributed by atoms with Gasteiger partial charge in [0.1, 0.15) is 18.2 Å². The van der Waals surface area contributed by atoms with Crippen LogP contribution in [-0.2, 0) is 19.1 Å². The summed E-state index contributed by atoms with van der Waals surface area (Å²) in [7, 11) is 3.01. The second-order valence-corrected chi connectivity index (χ2v) is 13.4. The molecule has 3 aliphatic rings. The molecular formula is C38H42F2N8O6. The quantitative estimate of drug-likeness (QED) is 0.108. The number of rotatable bonds is 12. The number of benzene rings is 2. The Morgan fingerprint density at radius 1 is 1.09 bits per heavy atom. The number of amides is 4. The molecule has 0 bridgehead atoms. The Hall–Kier alpha value is -5.77. The van der Waals surface area contributed by atoms with Gasteiger partial charge in [-0.1, -0.05) is 6.07 Å². The lowest BCUT2D eigenvalue weighted by Gasteiger charge is -2.35. The summed E-state index contributed by atoms with van der Waals surface area (Å²) in [5.74, 6) is -1.96. The summed E-state index contributed by atoms with van der Waals surface area (Å²) in [6.45, 7) is 3.49. The fourth-order valence-electron chi connectivity index (χ4n) is 7.08. The maximum absolute atomic E-state index is 14.7. The fraction of sp³-hybridized carbons (Fsp3) is 0.395. The molecule has 0 radical (unpaired) electrons. The zero-order chi connectivity index (χ0) is 38.7. The van der Waals surface area contributed by atoms with Crippen LogP contribution >= 0.6 is 0 Å². The first-order valence-electron chi connectivity index (χ1n) is 17.7. The SMILES string of the molecule is CNC(=O)C(CCC=O)N1C(=O)c2ccc(-n3cc(-c4ccc(N(C)C(=N)C5=C(NC6CCOCC6)CCN(C(C)=O)C5)cc4C(F)F)cn3)cc2C1=O. The van der Waals surface area contributed by atoms with E-state index in [0.29, 0.717) is 55.0 Å². The van der Waals surface area contributed by atoms with Crippen LogP contribution in [0.1, 0.15) is 71.7 Å². The van der Waals surface area contributed by atoms with Gasteiger partial charge < -0.3 is 30.0 Å². The third-order valence-electron chi connectivity index (χ3n) is 10.1. The van der Waals surface area contributed by atoms with Gasteiger partial charge in [0, 0.05) is 93.9 Å². The molecule has 54 heavy (non-hydrogen) atoms. The van der Waals surface area contributed by atoms with Crippen LogP contribution in [0.15, 0.2) is 60.1 Å². The van der Waals surface area contributed by atoms with Crippen molar-refractivity contribution in [3.8, 4) is 16.8 Å². The molecule has 0 saturated carbocycles. The van der Waals surface area contributed by atoms with E-state index in [2.05, 4.69) is 15.7 Å². The predicted molar refractivity (Wildman–Crippen MR) is 195 cm³/mol. The molecule has 4 heterocycles. The van der Waals surface area contributed by atoms with E-state index >= 15 is 0 Å². The number of aldehydes is 1. The first-order valence-corrected chi connectivity index (χ1v) is 17.7. The maximum Gasteiger partial charge on any atom is 0.264 e. The van der Waals surface area contributed by atoms with Crippen LogP contribution in [-0.4, -0.2) is 108 Å². The third kappa shape index (κ3) is 7.51. The van der Waals surface area contributed by atoms with Crippen molar-refractivity contribution in [2.75, 3.05) is 45.3 Å². The summed E-state index contributed by atoms with van der Waals surface area (Å²) < 4.78 is 36.3. The lowest BCUT2D eigenvalue weighted by Crippen LogP contribution is -2.48. The van der Waals surface area contributed by atoms with E-state index < -0.39 is 30.2 Å². The summed E-state index contributed by atoms with van der Waals surface area (Å²) in [6, 6.07) is 7.98. The van der Waals surface area contributed by atoms with Crippen LogP contribution in [0, 0.1) is 5.41 Å². The van der Waals surface area contributed by atoms with Gasteiger partial charge in [0.25, 0.3) is 18.2 Å². The number of hydrogen-bond acceptors (Lipinski definition) is 9. The Morgan fingerprint density at radius 2 is 1.81 bits per heavy atom. The molecule has 1 fully saturated rings. The number of ether oxygens (including phenoxy) is 1. The van der Waals surface area contributed by atoms with Crippen molar-refractivity contribution in [2.45, 2.75) is 57.5 Å². The topological polar surface area (TPSA) is 170 Å². The number of carbonyl (C=O) groups is 5. The molecule has 6 rings (SSSR count). The van der Waals surface area contributed by atoms with Crippen molar-refractivity contribution in [3.05, 3.63) is 76.8 Å². The molecule has 284 valence electrons. The average Bonchev–Trinajstić information content (AvgIpc) is 3.77. The van der Waals surface area contributed by atoms with E-state index in [4.69, 9.17) is 10.1 Å². The van der Waals surface area contributed by atoms with E-state index in [1.807, 2.05) is 0 Å². The van der Waals surface area contributed by atoms with E-state index in [-0.39, 0.29) is 59.4 Å². The van der Waals surface area contributed by atoms with Crippen LogP contribution in [0.25, 0.3) is 16.8 Å². The number of likely N-dealkylation sites (N-methyl/N-ethyl adjacent to an activating group) is 2. The minimum Gasteiger partial charge on any atom is -0.385 e. The number of nitrogens with one attached hydrogen (secondary N) is 3. The molecule has 0 aliphatic carbocycles. The zero-order valence-corrected chi connectivity index (χ0v) is 30.2. The highest BCUT2D eigenvalue weighted by Gasteiger charge is 2.42. The number of halogens is 2. The molecule has 14 nitrogen and oxygen atoms in total. The number of nitrogens with zero attached hydrogens (tertiary/aromatic N) is 5. The van der Waals surface area contributed by atoms with Crippen molar-refractivity contribution < 1.29 is 37.5 Å². The largest absolute Gasteiger partial charge is 0.385 e. The zero-order valence-electron chi connectivity index (χ0n) is 30.2. The smallest absolute Gasteiger partial charge is 0.264 e. The molecule has 1 atom stereocenters.